The number of carbonyl (C=O) groups excluding carboxylic acids is 1. The van der Waals surface area contributed by atoms with Crippen molar-refractivity contribution in [2.24, 2.45) is 10.9 Å². The highest BCUT2D eigenvalue weighted by Gasteiger charge is 2.49. The van der Waals surface area contributed by atoms with Crippen LogP contribution in [0.25, 0.3) is 0 Å². The number of rotatable bonds is 7. The lowest BCUT2D eigenvalue weighted by atomic mass is 9.90. The van der Waals surface area contributed by atoms with E-state index < -0.39 is 9.84 Å². The fraction of sp³-hybridized carbons (Fsp3) is 0.500. The van der Waals surface area contributed by atoms with Crippen LogP contribution in [0.1, 0.15) is 44.6 Å². The minimum absolute atomic E-state index is 0.0731. The van der Waals surface area contributed by atoms with E-state index >= 15 is 0 Å². The minimum atomic E-state index is -3.08. The van der Waals surface area contributed by atoms with Crippen molar-refractivity contribution in [2.45, 2.75) is 56.7 Å². The number of carbonyl (C=O) groups is 1. The quantitative estimate of drug-likeness (QED) is 0.510. The van der Waals surface area contributed by atoms with Crippen LogP contribution in [0.3, 0.4) is 0 Å². The largest absolute Gasteiger partial charge is 0.372 e. The average Bonchev–Trinajstić information content (AvgIpc) is 3.34. The topological polar surface area (TPSA) is 70.0 Å². The number of nitrogens with zero attached hydrogens (tertiary/aromatic N) is 3. The Balaban J connectivity index is 1.27. The van der Waals surface area contributed by atoms with Gasteiger partial charge in [-0.15, -0.1) is 0 Å². The lowest BCUT2D eigenvalue weighted by molar-refractivity contribution is -0.117. The number of piperidine rings is 1. The highest BCUT2D eigenvalue weighted by atomic mass is 32.2. The first-order valence-corrected chi connectivity index (χ1v) is 15.8. The van der Waals surface area contributed by atoms with E-state index in [-0.39, 0.29) is 28.7 Å². The molecule has 0 radical (unpaired) electrons. The predicted molar refractivity (Wildman–Crippen MR) is 150 cm³/mol. The van der Waals surface area contributed by atoms with Crippen LogP contribution in [0, 0.1) is 5.92 Å². The lowest BCUT2D eigenvalue weighted by Crippen LogP contribution is -2.38. The Morgan fingerprint density at radius 1 is 1.00 bits per heavy atom. The van der Waals surface area contributed by atoms with Crippen LogP contribution < -0.4 is 9.80 Å². The minimum Gasteiger partial charge on any atom is -0.372 e. The molecule has 2 atom stereocenters. The molecular weight excluding hydrogens is 490 g/mol. The van der Waals surface area contributed by atoms with Crippen molar-refractivity contribution in [2.75, 3.05) is 34.4 Å². The fourth-order valence-electron chi connectivity index (χ4n) is 5.52. The van der Waals surface area contributed by atoms with Gasteiger partial charge in [0.15, 0.2) is 15.0 Å². The molecule has 0 N–H and O–H groups in total. The van der Waals surface area contributed by atoms with Gasteiger partial charge in [0, 0.05) is 36.1 Å². The first-order chi connectivity index (χ1) is 17.4. The molecule has 1 amide bonds. The van der Waals surface area contributed by atoms with Gasteiger partial charge in [-0.25, -0.2) is 8.42 Å². The highest BCUT2D eigenvalue weighted by Crippen LogP contribution is 2.41. The molecule has 0 aliphatic carbocycles. The third-order valence-corrected chi connectivity index (χ3v) is 10.7. The first-order valence-electron chi connectivity index (χ1n) is 13.1. The number of hydrogen-bond donors (Lipinski definition) is 0. The SMILES string of the molecule is CCCCC(=O)N=C1S[C@H]2CS(=O)(=O)C[C@@H]2N1c1ccc(N2CCC(Cc3ccccc3)CC2)cc1. The van der Waals surface area contributed by atoms with Crippen molar-refractivity contribution < 1.29 is 13.2 Å². The summed E-state index contributed by atoms with van der Waals surface area (Å²) >= 11 is 1.45. The van der Waals surface area contributed by atoms with Crippen molar-refractivity contribution in [1.29, 1.82) is 0 Å². The van der Waals surface area contributed by atoms with Crippen LogP contribution >= 0.6 is 11.8 Å². The fourth-order valence-corrected chi connectivity index (χ4v) is 9.45. The summed E-state index contributed by atoms with van der Waals surface area (Å²) in [4.78, 5) is 21.3. The zero-order chi connectivity index (χ0) is 25.1. The smallest absolute Gasteiger partial charge is 0.248 e. The zero-order valence-electron chi connectivity index (χ0n) is 20.9. The molecule has 5 rings (SSSR count). The average molecular weight is 526 g/mol. The number of amides is 1. The number of aliphatic imine (C=N–C) groups is 1. The first kappa shape index (κ1) is 25.3. The van der Waals surface area contributed by atoms with E-state index in [9.17, 15) is 13.2 Å². The molecule has 0 spiro atoms. The molecule has 0 bridgehead atoms. The molecule has 0 aromatic heterocycles. The van der Waals surface area contributed by atoms with E-state index in [1.54, 1.807) is 0 Å². The van der Waals surface area contributed by atoms with E-state index in [0.717, 1.165) is 44.0 Å². The highest BCUT2D eigenvalue weighted by molar-refractivity contribution is 8.16. The maximum absolute atomic E-state index is 12.4. The maximum atomic E-state index is 12.4. The van der Waals surface area contributed by atoms with Crippen LogP contribution in [0.4, 0.5) is 11.4 Å². The van der Waals surface area contributed by atoms with Crippen LogP contribution in [0.2, 0.25) is 0 Å². The van der Waals surface area contributed by atoms with Gasteiger partial charge < -0.3 is 9.80 Å². The Hall–Kier alpha value is -2.32. The number of thioether (sulfide) groups is 1. The molecule has 3 aliphatic rings. The molecule has 36 heavy (non-hydrogen) atoms. The molecule has 3 heterocycles. The van der Waals surface area contributed by atoms with Gasteiger partial charge >= 0.3 is 0 Å². The number of hydrogen-bond acceptors (Lipinski definition) is 5. The molecular formula is C28H35N3O3S2. The van der Waals surface area contributed by atoms with Crippen LogP contribution in [0.5, 0.6) is 0 Å². The number of anilines is 2. The molecule has 0 unspecified atom stereocenters. The molecule has 2 aromatic rings. The van der Waals surface area contributed by atoms with Gasteiger partial charge in [0.05, 0.1) is 17.5 Å². The van der Waals surface area contributed by atoms with Gasteiger partial charge in [0.2, 0.25) is 5.91 Å². The molecule has 192 valence electrons. The molecule has 0 saturated carbocycles. The van der Waals surface area contributed by atoms with Crippen LogP contribution in [-0.4, -0.2) is 55.4 Å². The molecule has 3 saturated heterocycles. The number of amidine groups is 1. The monoisotopic (exact) mass is 525 g/mol. The second-order valence-corrected chi connectivity index (χ2v) is 13.6. The number of sulfone groups is 1. The molecule has 3 aliphatic heterocycles. The zero-order valence-corrected chi connectivity index (χ0v) is 22.5. The second-order valence-electron chi connectivity index (χ2n) is 10.2. The number of unbranched alkanes of at least 4 members (excludes halogenated alkanes) is 1. The molecule has 2 aromatic carbocycles. The van der Waals surface area contributed by atoms with Crippen molar-refractivity contribution >= 4 is 44.0 Å². The van der Waals surface area contributed by atoms with E-state index in [1.165, 1.54) is 35.9 Å². The summed E-state index contributed by atoms with van der Waals surface area (Å²) in [7, 11) is -3.08. The number of benzene rings is 2. The summed E-state index contributed by atoms with van der Waals surface area (Å²) < 4.78 is 24.7. The van der Waals surface area contributed by atoms with Gasteiger partial charge in [0.25, 0.3) is 0 Å². The lowest BCUT2D eigenvalue weighted by Gasteiger charge is -2.34. The van der Waals surface area contributed by atoms with E-state index in [0.29, 0.717) is 11.6 Å². The van der Waals surface area contributed by atoms with Gasteiger partial charge in [-0.3, -0.25) is 4.79 Å². The van der Waals surface area contributed by atoms with E-state index in [4.69, 9.17) is 0 Å². The van der Waals surface area contributed by atoms with E-state index in [1.807, 2.05) is 4.90 Å². The summed E-state index contributed by atoms with van der Waals surface area (Å²) in [5.41, 5.74) is 3.52. The van der Waals surface area contributed by atoms with Crippen LogP contribution in [-0.2, 0) is 21.1 Å². The summed E-state index contributed by atoms with van der Waals surface area (Å²) in [6, 6.07) is 19.0. The summed E-state index contributed by atoms with van der Waals surface area (Å²) in [5, 5.41) is 0.575. The molecule has 3 fully saturated rings. The predicted octanol–water partition coefficient (Wildman–Crippen LogP) is 4.94. The van der Waals surface area contributed by atoms with E-state index in [2.05, 4.69) is 71.4 Å². The Morgan fingerprint density at radius 2 is 1.69 bits per heavy atom. The van der Waals surface area contributed by atoms with Gasteiger partial charge in [-0.1, -0.05) is 55.4 Å². The standard InChI is InChI=1S/C28H35N3O3S2/c1-2-3-9-27(32)29-28-31(25-19-36(33,34)20-26(25)35-28)24-12-10-23(11-13-24)30-16-14-22(15-17-30)18-21-7-5-4-6-8-21/h4-8,10-13,22,25-26H,2-3,9,14-20H2,1H3/t25-,26-/m0/s1. The number of fused-ring (bicyclic) bond motifs is 1. The molecule has 8 heteroatoms. The Labute approximate surface area is 219 Å². The van der Waals surface area contributed by atoms with Crippen molar-refractivity contribution in [1.82, 2.24) is 0 Å². The second kappa shape index (κ2) is 11.0. The van der Waals surface area contributed by atoms with Crippen molar-refractivity contribution in [3.63, 3.8) is 0 Å². The Morgan fingerprint density at radius 3 is 2.39 bits per heavy atom. The Bertz CT molecular complexity index is 1190. The maximum Gasteiger partial charge on any atom is 0.248 e. The summed E-state index contributed by atoms with van der Waals surface area (Å²) in [6.45, 7) is 4.13. The van der Waals surface area contributed by atoms with Crippen molar-refractivity contribution in [3.05, 3.63) is 60.2 Å². The third kappa shape index (κ3) is 5.80. The van der Waals surface area contributed by atoms with Gasteiger partial charge in [-0.05, 0) is 61.4 Å². The van der Waals surface area contributed by atoms with Crippen molar-refractivity contribution in [3.8, 4) is 0 Å². The van der Waals surface area contributed by atoms with Crippen LogP contribution in [0.15, 0.2) is 59.6 Å². The summed E-state index contributed by atoms with van der Waals surface area (Å²) in [6.07, 6.45) is 5.70. The summed E-state index contributed by atoms with van der Waals surface area (Å²) in [5.74, 6) is 0.859. The molecule has 6 nitrogen and oxygen atoms in total. The Kier molecular flexibility index (Phi) is 7.72. The third-order valence-electron chi connectivity index (χ3n) is 7.51. The van der Waals surface area contributed by atoms with Gasteiger partial charge in [-0.2, -0.15) is 4.99 Å². The normalized spacial score (nSPS) is 24.9. The van der Waals surface area contributed by atoms with Gasteiger partial charge in [0.1, 0.15) is 0 Å².